The molecule has 0 saturated carbocycles. The molecule has 26 heavy (non-hydrogen) atoms. The van der Waals surface area contributed by atoms with Gasteiger partial charge in [0.2, 0.25) is 0 Å². The number of hydrogen-bond donors (Lipinski definition) is 5. The number of nitrogens with one attached hydrogen (secondary N) is 1. The molecule has 2 aromatic rings. The number of carboxylic acids is 2. The predicted molar refractivity (Wildman–Crippen MR) is 89.0 cm³/mol. The molecule has 0 aliphatic rings. The van der Waals surface area contributed by atoms with Crippen molar-refractivity contribution in [3.63, 3.8) is 0 Å². The van der Waals surface area contributed by atoms with E-state index >= 15 is 0 Å². The molecule has 136 valence electrons. The maximum absolute atomic E-state index is 12.2. The Bertz CT molecular complexity index is 1030. The first-order valence-corrected chi connectivity index (χ1v) is 8.23. The van der Waals surface area contributed by atoms with Crippen LogP contribution in [0.15, 0.2) is 41.3 Å². The Labute approximate surface area is 146 Å². The molecular formula is C15H12N2O8S. The van der Waals surface area contributed by atoms with Crippen molar-refractivity contribution in [3.8, 4) is 0 Å². The molecular weight excluding hydrogens is 368 g/mol. The third kappa shape index (κ3) is 4.15. The number of carbonyl (C=O) groups excluding carboxylic acids is 1. The lowest BCUT2D eigenvalue weighted by Crippen LogP contribution is -2.15. The van der Waals surface area contributed by atoms with Crippen LogP contribution in [0.2, 0.25) is 0 Å². The van der Waals surface area contributed by atoms with Crippen LogP contribution in [0.1, 0.15) is 31.1 Å². The highest BCUT2D eigenvalue weighted by Crippen LogP contribution is 2.21. The van der Waals surface area contributed by atoms with Gasteiger partial charge in [-0.3, -0.25) is 9.35 Å². The van der Waals surface area contributed by atoms with Crippen molar-refractivity contribution in [3.05, 3.63) is 53.1 Å². The van der Waals surface area contributed by atoms with Crippen LogP contribution < -0.4 is 11.1 Å². The molecule has 0 aliphatic heterocycles. The number of aromatic carboxylic acids is 2. The number of nitrogens with two attached hydrogens (primary N) is 1. The Hall–Kier alpha value is -3.44. The van der Waals surface area contributed by atoms with E-state index in [2.05, 4.69) is 5.32 Å². The third-order valence-electron chi connectivity index (χ3n) is 3.23. The number of hydrogen-bond acceptors (Lipinski definition) is 6. The second kappa shape index (κ2) is 6.82. The largest absolute Gasteiger partial charge is 0.478 e. The maximum Gasteiger partial charge on any atom is 0.336 e. The maximum atomic E-state index is 12.2. The first-order chi connectivity index (χ1) is 12.0. The van der Waals surface area contributed by atoms with Crippen LogP contribution in [0.5, 0.6) is 0 Å². The molecule has 0 spiro atoms. The Kier molecular flexibility index (Phi) is 4.95. The van der Waals surface area contributed by atoms with Gasteiger partial charge in [-0.2, -0.15) is 8.42 Å². The van der Waals surface area contributed by atoms with E-state index in [-0.39, 0.29) is 16.9 Å². The quantitative estimate of drug-likeness (QED) is 0.375. The van der Waals surface area contributed by atoms with Gasteiger partial charge in [0.1, 0.15) is 0 Å². The molecule has 2 rings (SSSR count). The lowest BCUT2D eigenvalue weighted by molar-refractivity contribution is 0.0651. The van der Waals surface area contributed by atoms with Crippen LogP contribution in [-0.2, 0) is 10.1 Å². The topological polar surface area (TPSA) is 184 Å². The lowest BCUT2D eigenvalue weighted by atomic mass is 10.0. The molecule has 6 N–H and O–H groups in total. The van der Waals surface area contributed by atoms with Gasteiger partial charge in [-0.25, -0.2) is 9.59 Å². The summed E-state index contributed by atoms with van der Waals surface area (Å²) in [5.74, 6) is -3.84. The van der Waals surface area contributed by atoms with Gasteiger partial charge in [-0.05, 0) is 36.4 Å². The van der Waals surface area contributed by atoms with Gasteiger partial charge in [0, 0.05) is 16.9 Å². The van der Waals surface area contributed by atoms with E-state index in [1.54, 1.807) is 0 Å². The van der Waals surface area contributed by atoms with Crippen molar-refractivity contribution >= 4 is 39.3 Å². The summed E-state index contributed by atoms with van der Waals surface area (Å²) in [6, 6.07) is 6.08. The molecule has 0 unspecified atom stereocenters. The van der Waals surface area contributed by atoms with Crippen LogP contribution in [0.25, 0.3) is 0 Å². The molecule has 1 amide bonds. The fraction of sp³-hybridized carbons (Fsp3) is 0. The molecule has 0 bridgehead atoms. The summed E-state index contributed by atoms with van der Waals surface area (Å²) in [6.07, 6.45) is 0. The number of carbonyl (C=O) groups is 3. The number of nitrogen functional groups attached to an aromatic ring is 1. The standard InChI is InChI=1S/C15H12N2O8S/c16-8-4-9(6-10(5-8)26(23,24)25)17-13(18)7-1-2-11(14(19)20)12(3-7)15(21)22/h1-6H,16H2,(H,17,18)(H,19,20)(H,21,22)(H,23,24,25). The molecule has 10 nitrogen and oxygen atoms in total. The number of benzene rings is 2. The summed E-state index contributed by atoms with van der Waals surface area (Å²) in [5.41, 5.74) is 4.14. The van der Waals surface area contributed by atoms with Gasteiger partial charge < -0.3 is 21.3 Å². The molecule has 0 radical (unpaired) electrons. The predicted octanol–water partition coefficient (Wildman–Crippen LogP) is 1.16. The number of carboxylic acid groups (broad SMARTS) is 2. The SMILES string of the molecule is Nc1cc(NC(=O)c2ccc(C(=O)O)c(C(=O)O)c2)cc(S(=O)(=O)O)c1. The first kappa shape index (κ1) is 18.9. The van der Waals surface area contributed by atoms with Crippen molar-refractivity contribution in [1.82, 2.24) is 0 Å². The fourth-order valence-electron chi connectivity index (χ4n) is 2.10. The Morgan fingerprint density at radius 1 is 0.923 bits per heavy atom. The van der Waals surface area contributed by atoms with Gasteiger partial charge in [0.25, 0.3) is 16.0 Å². The molecule has 0 saturated heterocycles. The summed E-state index contributed by atoms with van der Waals surface area (Å²) in [5, 5.41) is 20.3. The number of rotatable bonds is 5. The number of anilines is 2. The van der Waals surface area contributed by atoms with Gasteiger partial charge in [-0.1, -0.05) is 0 Å². The van der Waals surface area contributed by atoms with E-state index in [9.17, 15) is 22.8 Å². The van der Waals surface area contributed by atoms with Crippen LogP contribution >= 0.6 is 0 Å². The average Bonchev–Trinajstić information content (AvgIpc) is 2.52. The zero-order chi connectivity index (χ0) is 19.6. The first-order valence-electron chi connectivity index (χ1n) is 6.79. The van der Waals surface area contributed by atoms with Crippen LogP contribution in [0.3, 0.4) is 0 Å². The van der Waals surface area contributed by atoms with E-state index in [4.69, 9.17) is 20.5 Å². The monoisotopic (exact) mass is 380 g/mol. The van der Waals surface area contributed by atoms with E-state index in [0.29, 0.717) is 0 Å². The minimum absolute atomic E-state index is 0.0529. The van der Waals surface area contributed by atoms with Gasteiger partial charge in [0.15, 0.2) is 0 Å². The van der Waals surface area contributed by atoms with Gasteiger partial charge >= 0.3 is 11.9 Å². The van der Waals surface area contributed by atoms with E-state index in [0.717, 1.165) is 30.3 Å². The zero-order valence-electron chi connectivity index (χ0n) is 12.8. The van der Waals surface area contributed by atoms with Crippen LogP contribution in [-0.4, -0.2) is 41.0 Å². The van der Waals surface area contributed by atoms with Crippen molar-refractivity contribution in [2.45, 2.75) is 4.90 Å². The van der Waals surface area contributed by atoms with E-state index < -0.39 is 44.0 Å². The molecule has 0 aliphatic carbocycles. The Morgan fingerprint density at radius 2 is 1.54 bits per heavy atom. The lowest BCUT2D eigenvalue weighted by Gasteiger charge is -2.09. The van der Waals surface area contributed by atoms with Crippen LogP contribution in [0, 0.1) is 0 Å². The highest BCUT2D eigenvalue weighted by molar-refractivity contribution is 7.85. The minimum Gasteiger partial charge on any atom is -0.478 e. The normalized spacial score (nSPS) is 11.0. The van der Waals surface area contributed by atoms with Gasteiger partial charge in [-0.15, -0.1) is 0 Å². The minimum atomic E-state index is -4.56. The molecule has 0 atom stereocenters. The molecule has 0 aromatic heterocycles. The second-order valence-electron chi connectivity index (χ2n) is 5.09. The summed E-state index contributed by atoms with van der Waals surface area (Å²) >= 11 is 0. The summed E-state index contributed by atoms with van der Waals surface area (Å²) in [4.78, 5) is 33.9. The second-order valence-corrected chi connectivity index (χ2v) is 6.51. The highest BCUT2D eigenvalue weighted by atomic mass is 32.2. The van der Waals surface area contributed by atoms with Crippen molar-refractivity contribution in [2.75, 3.05) is 11.1 Å². The average molecular weight is 380 g/mol. The van der Waals surface area contributed by atoms with E-state index in [1.807, 2.05) is 0 Å². The third-order valence-corrected chi connectivity index (χ3v) is 4.06. The molecule has 2 aromatic carbocycles. The molecule has 0 fully saturated rings. The van der Waals surface area contributed by atoms with Crippen molar-refractivity contribution < 1.29 is 37.6 Å². The summed E-state index contributed by atoms with van der Waals surface area (Å²) < 4.78 is 31.4. The Morgan fingerprint density at radius 3 is 2.08 bits per heavy atom. The summed E-state index contributed by atoms with van der Waals surface area (Å²) in [7, 11) is -4.56. The fourth-order valence-corrected chi connectivity index (χ4v) is 2.66. The highest BCUT2D eigenvalue weighted by Gasteiger charge is 2.19. The molecule has 0 heterocycles. The van der Waals surface area contributed by atoms with Crippen molar-refractivity contribution in [1.29, 1.82) is 0 Å². The van der Waals surface area contributed by atoms with Crippen LogP contribution in [0.4, 0.5) is 11.4 Å². The smallest absolute Gasteiger partial charge is 0.336 e. The van der Waals surface area contributed by atoms with Crippen molar-refractivity contribution in [2.24, 2.45) is 0 Å². The van der Waals surface area contributed by atoms with E-state index in [1.165, 1.54) is 6.07 Å². The summed E-state index contributed by atoms with van der Waals surface area (Å²) in [6.45, 7) is 0. The Balaban J connectivity index is 2.40. The zero-order valence-corrected chi connectivity index (χ0v) is 13.6. The number of amides is 1. The molecule has 11 heteroatoms. The van der Waals surface area contributed by atoms with Gasteiger partial charge in [0.05, 0.1) is 16.0 Å².